The van der Waals surface area contributed by atoms with Crippen molar-refractivity contribution in [2.24, 2.45) is 0 Å². The lowest BCUT2D eigenvalue weighted by atomic mass is 10.1. The molecule has 0 radical (unpaired) electrons. The van der Waals surface area contributed by atoms with Gasteiger partial charge in [0, 0.05) is 15.4 Å². The largest absolute Gasteiger partial charge is 0.487 e. The van der Waals surface area contributed by atoms with Crippen molar-refractivity contribution in [2.75, 3.05) is 5.32 Å². The molecule has 0 aliphatic carbocycles. The fraction of sp³-hybridized carbons (Fsp3) is 0.259. The van der Waals surface area contributed by atoms with Crippen LogP contribution in [0.2, 0.25) is 0 Å². The van der Waals surface area contributed by atoms with Gasteiger partial charge in [0.2, 0.25) is 5.91 Å². The molecule has 1 atom stereocenters. The molecule has 3 aromatic carbocycles. The van der Waals surface area contributed by atoms with E-state index < -0.39 is 29.5 Å². The van der Waals surface area contributed by atoms with Crippen molar-refractivity contribution < 1.29 is 23.5 Å². The van der Waals surface area contributed by atoms with E-state index in [0.717, 1.165) is 20.1 Å². The van der Waals surface area contributed by atoms with E-state index in [4.69, 9.17) is 9.47 Å². The summed E-state index contributed by atoms with van der Waals surface area (Å²) in [5.74, 6) is -1.10. The van der Waals surface area contributed by atoms with Crippen LogP contribution in [0.3, 0.4) is 0 Å². The zero-order valence-corrected chi connectivity index (χ0v) is 23.3. The molecule has 0 saturated carbocycles. The topological polar surface area (TPSA) is 76.7 Å². The summed E-state index contributed by atoms with van der Waals surface area (Å²) in [4.78, 5) is 25.9. The summed E-state index contributed by atoms with van der Waals surface area (Å²) in [7, 11) is 0. The summed E-state index contributed by atoms with van der Waals surface area (Å²) in [6.45, 7) is 5.37. The van der Waals surface area contributed by atoms with Crippen LogP contribution in [-0.2, 0) is 22.6 Å². The Balaban J connectivity index is 1.83. The van der Waals surface area contributed by atoms with Crippen LogP contribution in [0.15, 0.2) is 75.7 Å². The van der Waals surface area contributed by atoms with Gasteiger partial charge >= 0.3 is 6.09 Å². The lowest BCUT2D eigenvalue weighted by Gasteiger charge is -2.24. The molecule has 2 N–H and O–H groups in total. The molecule has 0 aliphatic rings. The average molecular weight is 622 g/mol. The molecule has 1 unspecified atom stereocenters. The second-order valence-electron chi connectivity index (χ2n) is 9.06. The number of hydrogen-bond acceptors (Lipinski definition) is 4. The predicted octanol–water partition coefficient (Wildman–Crippen LogP) is 7.00. The molecule has 0 fully saturated rings. The number of nitrogens with one attached hydrogen (secondary N) is 2. The van der Waals surface area contributed by atoms with Crippen LogP contribution in [0.1, 0.15) is 31.9 Å². The molecule has 9 heteroatoms. The molecule has 0 aliphatic heterocycles. The first-order chi connectivity index (χ1) is 17.0. The van der Waals surface area contributed by atoms with E-state index >= 15 is 0 Å². The van der Waals surface area contributed by atoms with Crippen molar-refractivity contribution in [1.29, 1.82) is 0 Å². The first-order valence-electron chi connectivity index (χ1n) is 11.2. The maximum absolute atomic E-state index is 14.8. The Morgan fingerprint density at radius 2 is 1.61 bits per heavy atom. The van der Waals surface area contributed by atoms with E-state index in [1.54, 1.807) is 26.8 Å². The van der Waals surface area contributed by atoms with Gasteiger partial charge in [0.25, 0.3) is 0 Å². The van der Waals surface area contributed by atoms with Crippen LogP contribution in [-0.4, -0.2) is 23.6 Å². The van der Waals surface area contributed by atoms with Gasteiger partial charge in [0.1, 0.15) is 29.7 Å². The number of carbonyl (C=O) groups excluding carboxylic acids is 2. The van der Waals surface area contributed by atoms with Crippen LogP contribution in [0, 0.1) is 5.82 Å². The smallest absolute Gasteiger partial charge is 0.408 e. The van der Waals surface area contributed by atoms with E-state index in [-0.39, 0.29) is 24.5 Å². The van der Waals surface area contributed by atoms with Gasteiger partial charge in [-0.2, -0.15) is 0 Å². The van der Waals surface area contributed by atoms with E-state index in [0.29, 0.717) is 0 Å². The average Bonchev–Trinajstić information content (AvgIpc) is 2.77. The fourth-order valence-electron chi connectivity index (χ4n) is 3.32. The lowest BCUT2D eigenvalue weighted by Crippen LogP contribution is -2.47. The molecule has 2 amide bonds. The first-order valence-corrected chi connectivity index (χ1v) is 12.8. The van der Waals surface area contributed by atoms with Crippen molar-refractivity contribution >= 4 is 49.5 Å². The SMILES string of the molecule is CC(C)(C)OC(=O)NC(Cc1cc(Br)cc(Br)c1)C(=O)Nc1c(F)cccc1OCc1ccccc1. The number of rotatable bonds is 8. The van der Waals surface area contributed by atoms with E-state index in [9.17, 15) is 14.0 Å². The Hall–Kier alpha value is -2.91. The quantitative estimate of drug-likeness (QED) is 0.284. The summed E-state index contributed by atoms with van der Waals surface area (Å²) >= 11 is 6.86. The maximum atomic E-state index is 14.8. The monoisotopic (exact) mass is 620 g/mol. The van der Waals surface area contributed by atoms with Gasteiger partial charge in [-0.25, -0.2) is 9.18 Å². The molecule has 0 aromatic heterocycles. The first kappa shape index (κ1) is 27.7. The molecule has 190 valence electrons. The number of para-hydroxylation sites is 1. The Labute approximate surface area is 226 Å². The molecule has 0 heterocycles. The van der Waals surface area contributed by atoms with Gasteiger partial charge in [-0.15, -0.1) is 0 Å². The highest BCUT2D eigenvalue weighted by molar-refractivity contribution is 9.11. The number of ether oxygens (including phenoxy) is 2. The van der Waals surface area contributed by atoms with Crippen molar-refractivity contribution in [3.05, 3.63) is 92.6 Å². The van der Waals surface area contributed by atoms with Crippen LogP contribution < -0.4 is 15.4 Å². The van der Waals surface area contributed by atoms with Gasteiger partial charge in [-0.1, -0.05) is 68.3 Å². The third kappa shape index (κ3) is 8.64. The number of benzene rings is 3. The van der Waals surface area contributed by atoms with Gasteiger partial charge < -0.3 is 20.1 Å². The highest BCUT2D eigenvalue weighted by Crippen LogP contribution is 2.29. The van der Waals surface area contributed by atoms with E-state index in [2.05, 4.69) is 42.5 Å². The van der Waals surface area contributed by atoms with E-state index in [1.165, 1.54) is 12.1 Å². The minimum absolute atomic E-state index is 0.107. The Morgan fingerprint density at radius 3 is 2.25 bits per heavy atom. The summed E-state index contributed by atoms with van der Waals surface area (Å²) in [6, 6.07) is 18.2. The molecular formula is C27H27Br2FN2O4. The van der Waals surface area contributed by atoms with Gasteiger partial charge in [-0.05, 0) is 62.2 Å². The normalized spacial score (nSPS) is 11.9. The summed E-state index contributed by atoms with van der Waals surface area (Å²) in [5.41, 5.74) is 0.795. The van der Waals surface area contributed by atoms with Crippen molar-refractivity contribution in [1.82, 2.24) is 5.32 Å². The van der Waals surface area contributed by atoms with Crippen LogP contribution in [0.4, 0.5) is 14.9 Å². The zero-order chi connectivity index (χ0) is 26.3. The molecule has 0 saturated heterocycles. The number of halogens is 3. The second kappa shape index (κ2) is 12.4. The van der Waals surface area contributed by atoms with Crippen molar-refractivity contribution in [3.63, 3.8) is 0 Å². The molecule has 6 nitrogen and oxygen atoms in total. The fourth-order valence-corrected chi connectivity index (χ4v) is 4.70. The molecule has 3 aromatic rings. The van der Waals surface area contributed by atoms with Crippen molar-refractivity contribution in [2.45, 2.75) is 45.4 Å². The molecule has 36 heavy (non-hydrogen) atoms. The van der Waals surface area contributed by atoms with Crippen LogP contribution >= 0.6 is 31.9 Å². The molecule has 0 bridgehead atoms. The summed E-state index contributed by atoms with van der Waals surface area (Å²) < 4.78 is 27.5. The number of hydrogen-bond donors (Lipinski definition) is 2. The zero-order valence-electron chi connectivity index (χ0n) is 20.1. The lowest BCUT2D eigenvalue weighted by molar-refractivity contribution is -0.118. The molecular weight excluding hydrogens is 595 g/mol. The van der Waals surface area contributed by atoms with Gasteiger partial charge in [-0.3, -0.25) is 4.79 Å². The van der Waals surface area contributed by atoms with Crippen LogP contribution in [0.25, 0.3) is 0 Å². The number of amides is 2. The number of anilines is 1. The third-order valence-electron chi connectivity index (χ3n) is 4.83. The Morgan fingerprint density at radius 1 is 0.944 bits per heavy atom. The predicted molar refractivity (Wildman–Crippen MR) is 145 cm³/mol. The van der Waals surface area contributed by atoms with Crippen molar-refractivity contribution in [3.8, 4) is 5.75 Å². The standard InChI is InChI=1S/C27H27Br2FN2O4/c1-27(2,3)36-26(34)31-22(14-18-12-19(28)15-20(29)13-18)25(33)32-24-21(30)10-7-11-23(24)35-16-17-8-5-4-6-9-17/h4-13,15,22H,14,16H2,1-3H3,(H,31,34)(H,32,33). The molecule has 0 spiro atoms. The Bertz CT molecular complexity index is 1200. The third-order valence-corrected chi connectivity index (χ3v) is 5.75. The highest BCUT2D eigenvalue weighted by atomic mass is 79.9. The van der Waals surface area contributed by atoms with Crippen LogP contribution in [0.5, 0.6) is 5.75 Å². The maximum Gasteiger partial charge on any atom is 0.408 e. The summed E-state index contributed by atoms with van der Waals surface area (Å²) in [6.07, 6.45) is -0.622. The second-order valence-corrected chi connectivity index (χ2v) is 10.9. The molecule has 3 rings (SSSR count). The Kier molecular flexibility index (Phi) is 9.50. The summed E-state index contributed by atoms with van der Waals surface area (Å²) in [5, 5.41) is 5.21. The minimum Gasteiger partial charge on any atom is -0.487 e. The van der Waals surface area contributed by atoms with E-state index in [1.807, 2.05) is 48.5 Å². The number of alkyl carbamates (subject to hydrolysis) is 1. The van der Waals surface area contributed by atoms with Gasteiger partial charge in [0.05, 0.1) is 0 Å². The van der Waals surface area contributed by atoms with Gasteiger partial charge in [0.15, 0.2) is 5.82 Å². The minimum atomic E-state index is -1.05. The number of carbonyl (C=O) groups is 2. The highest BCUT2D eigenvalue weighted by Gasteiger charge is 2.26.